The number of thiophene rings is 1. The number of H-pyrrole nitrogens is 1. The zero-order valence-corrected chi connectivity index (χ0v) is 17.0. The van der Waals surface area contributed by atoms with Gasteiger partial charge in [0.05, 0.1) is 12.1 Å². The van der Waals surface area contributed by atoms with Crippen LogP contribution in [0.15, 0.2) is 46.5 Å². The Balaban J connectivity index is 1.44. The van der Waals surface area contributed by atoms with E-state index in [0.29, 0.717) is 11.3 Å². The molecule has 0 saturated heterocycles. The highest BCUT2D eigenvalue weighted by molar-refractivity contribution is 7.14. The molecule has 0 amide bonds. The molecule has 1 atom stereocenters. The number of thiazole rings is 1. The van der Waals surface area contributed by atoms with Crippen LogP contribution in [-0.2, 0) is 16.0 Å². The molecular formula is C21H18N2O3S2. The maximum absolute atomic E-state index is 12.9. The highest BCUT2D eigenvalue weighted by atomic mass is 32.1. The maximum Gasteiger partial charge on any atom is 0.312 e. The van der Waals surface area contributed by atoms with Crippen LogP contribution in [-0.4, -0.2) is 27.8 Å². The molecule has 3 heterocycles. The Kier molecular flexibility index (Phi) is 5.11. The Labute approximate surface area is 170 Å². The maximum atomic E-state index is 12.9. The fraction of sp³-hybridized carbons (Fsp3) is 0.190. The monoisotopic (exact) mass is 410 g/mol. The Hall–Kier alpha value is -2.77. The number of Topliss-reactive ketones (excluding diaryl/α,β-unsaturated/α-hetero) is 1. The molecule has 0 radical (unpaired) electrons. The van der Waals surface area contributed by atoms with Crippen molar-refractivity contribution in [2.45, 2.75) is 26.4 Å². The first-order chi connectivity index (χ1) is 13.5. The third kappa shape index (κ3) is 3.63. The molecule has 28 heavy (non-hydrogen) atoms. The predicted molar refractivity (Wildman–Crippen MR) is 112 cm³/mol. The minimum atomic E-state index is -0.861. The lowest BCUT2D eigenvalue weighted by molar-refractivity contribution is -0.145. The number of aromatic amines is 1. The average Bonchev–Trinajstić information content (AvgIpc) is 3.39. The van der Waals surface area contributed by atoms with Crippen LogP contribution in [0.25, 0.3) is 21.5 Å². The molecule has 7 heteroatoms. The number of aryl methyl sites for hydroxylation is 1. The summed E-state index contributed by atoms with van der Waals surface area (Å²) in [5.41, 5.74) is 3.94. The summed E-state index contributed by atoms with van der Waals surface area (Å²) in [5.74, 6) is -0.666. The molecule has 0 saturated carbocycles. The summed E-state index contributed by atoms with van der Waals surface area (Å²) in [6.07, 6.45) is -0.814. The second-order valence-electron chi connectivity index (χ2n) is 6.50. The third-order valence-corrected chi connectivity index (χ3v) is 6.09. The molecule has 0 spiro atoms. The highest BCUT2D eigenvalue weighted by Crippen LogP contribution is 2.26. The number of hydrogen-bond acceptors (Lipinski definition) is 6. The van der Waals surface area contributed by atoms with E-state index in [2.05, 4.69) is 9.97 Å². The van der Waals surface area contributed by atoms with Gasteiger partial charge in [-0.15, -0.1) is 11.3 Å². The van der Waals surface area contributed by atoms with Crippen molar-refractivity contribution in [3.63, 3.8) is 0 Å². The number of nitrogens with zero attached hydrogens (tertiary/aromatic N) is 1. The van der Waals surface area contributed by atoms with Crippen LogP contribution >= 0.6 is 22.7 Å². The first-order valence-electron chi connectivity index (χ1n) is 8.81. The van der Waals surface area contributed by atoms with Gasteiger partial charge in [-0.25, -0.2) is 4.98 Å². The van der Waals surface area contributed by atoms with E-state index in [9.17, 15) is 9.59 Å². The SMILES string of the molecule is Cc1[nH]c2ccccc2c1C(=O)[C@@H](C)OC(=O)Cc1csc(-c2ccsc2)n1. The lowest BCUT2D eigenvalue weighted by Crippen LogP contribution is -2.25. The van der Waals surface area contributed by atoms with E-state index in [-0.39, 0.29) is 12.2 Å². The van der Waals surface area contributed by atoms with Crippen molar-refractivity contribution in [2.75, 3.05) is 0 Å². The molecular weight excluding hydrogens is 392 g/mol. The van der Waals surface area contributed by atoms with Crippen LogP contribution in [0.4, 0.5) is 0 Å². The number of carbonyl (C=O) groups is 2. The Morgan fingerprint density at radius 3 is 2.82 bits per heavy atom. The van der Waals surface area contributed by atoms with Crippen molar-refractivity contribution < 1.29 is 14.3 Å². The first kappa shape index (κ1) is 18.6. The minimum Gasteiger partial charge on any atom is -0.454 e. The van der Waals surface area contributed by atoms with Gasteiger partial charge >= 0.3 is 5.97 Å². The number of fused-ring (bicyclic) bond motifs is 1. The Bertz CT molecular complexity index is 1140. The van der Waals surface area contributed by atoms with E-state index >= 15 is 0 Å². The van der Waals surface area contributed by atoms with Gasteiger partial charge in [0.25, 0.3) is 0 Å². The molecule has 0 aliphatic rings. The molecule has 0 aliphatic carbocycles. The number of esters is 1. The number of ketones is 1. The summed E-state index contributed by atoms with van der Waals surface area (Å²) in [5, 5.41) is 7.58. The van der Waals surface area contributed by atoms with Crippen LogP contribution < -0.4 is 0 Å². The summed E-state index contributed by atoms with van der Waals surface area (Å²) in [6.45, 7) is 3.46. The summed E-state index contributed by atoms with van der Waals surface area (Å²) >= 11 is 3.10. The second kappa shape index (κ2) is 7.69. The molecule has 4 rings (SSSR count). The van der Waals surface area contributed by atoms with Gasteiger partial charge in [-0.3, -0.25) is 9.59 Å². The second-order valence-corrected chi connectivity index (χ2v) is 8.14. The number of nitrogens with one attached hydrogen (secondary N) is 1. The van der Waals surface area contributed by atoms with Gasteiger partial charge in [0.1, 0.15) is 5.01 Å². The van der Waals surface area contributed by atoms with Crippen molar-refractivity contribution in [1.82, 2.24) is 9.97 Å². The number of hydrogen-bond donors (Lipinski definition) is 1. The van der Waals surface area contributed by atoms with Crippen molar-refractivity contribution in [3.8, 4) is 10.6 Å². The smallest absolute Gasteiger partial charge is 0.312 e. The first-order valence-corrected chi connectivity index (χ1v) is 10.6. The molecule has 142 valence electrons. The topological polar surface area (TPSA) is 72.1 Å². The fourth-order valence-corrected chi connectivity index (χ4v) is 4.68. The lowest BCUT2D eigenvalue weighted by atomic mass is 10.0. The van der Waals surface area contributed by atoms with Gasteiger partial charge < -0.3 is 9.72 Å². The number of aromatic nitrogens is 2. The summed E-state index contributed by atoms with van der Waals surface area (Å²) < 4.78 is 5.41. The number of rotatable bonds is 6. The van der Waals surface area contributed by atoms with Crippen LogP contribution in [0.1, 0.15) is 28.7 Å². The summed E-state index contributed by atoms with van der Waals surface area (Å²) in [7, 11) is 0. The van der Waals surface area contributed by atoms with Gasteiger partial charge in [-0.1, -0.05) is 18.2 Å². The molecule has 0 bridgehead atoms. The zero-order valence-electron chi connectivity index (χ0n) is 15.4. The van der Waals surface area contributed by atoms with Gasteiger partial charge in [0.15, 0.2) is 6.10 Å². The summed E-state index contributed by atoms with van der Waals surface area (Å²) in [4.78, 5) is 32.9. The van der Waals surface area contributed by atoms with Gasteiger partial charge in [0, 0.05) is 38.5 Å². The molecule has 1 aromatic carbocycles. The van der Waals surface area contributed by atoms with Crippen molar-refractivity contribution in [2.24, 2.45) is 0 Å². The normalized spacial score (nSPS) is 12.2. The van der Waals surface area contributed by atoms with Gasteiger partial charge in [-0.05, 0) is 31.4 Å². The number of ether oxygens (including phenoxy) is 1. The van der Waals surface area contributed by atoms with E-state index in [1.165, 1.54) is 11.3 Å². The molecule has 0 fully saturated rings. The molecule has 1 N–H and O–H groups in total. The number of para-hydroxylation sites is 1. The van der Waals surface area contributed by atoms with Crippen molar-refractivity contribution in [3.05, 3.63) is 63.4 Å². The quantitative estimate of drug-likeness (QED) is 0.358. The van der Waals surface area contributed by atoms with Gasteiger partial charge in [-0.2, -0.15) is 11.3 Å². The highest BCUT2D eigenvalue weighted by Gasteiger charge is 2.24. The Morgan fingerprint density at radius 2 is 2.04 bits per heavy atom. The van der Waals surface area contributed by atoms with E-state index in [0.717, 1.165) is 27.2 Å². The fourth-order valence-electron chi connectivity index (χ4n) is 3.14. The number of benzene rings is 1. The molecule has 5 nitrogen and oxygen atoms in total. The lowest BCUT2D eigenvalue weighted by Gasteiger charge is -2.12. The minimum absolute atomic E-state index is 0.0467. The van der Waals surface area contributed by atoms with Gasteiger partial charge in [0.2, 0.25) is 5.78 Å². The van der Waals surface area contributed by atoms with E-state index in [1.807, 2.05) is 53.4 Å². The molecule has 3 aromatic heterocycles. The van der Waals surface area contributed by atoms with Crippen molar-refractivity contribution in [1.29, 1.82) is 0 Å². The van der Waals surface area contributed by atoms with E-state index in [4.69, 9.17) is 4.74 Å². The van der Waals surface area contributed by atoms with Crippen LogP contribution in [0.5, 0.6) is 0 Å². The van der Waals surface area contributed by atoms with E-state index in [1.54, 1.807) is 18.3 Å². The molecule has 4 aromatic rings. The van der Waals surface area contributed by atoms with E-state index < -0.39 is 12.1 Å². The standard InChI is InChI=1S/C21H18N2O3S2/c1-12-19(16-5-3-4-6-17(16)22-12)20(25)13(2)26-18(24)9-15-11-28-21(23-15)14-7-8-27-10-14/h3-8,10-11,13,22H,9H2,1-2H3/t13-/m1/s1. The molecule has 0 aliphatic heterocycles. The number of carbonyl (C=O) groups excluding carboxylic acids is 2. The average molecular weight is 411 g/mol. The van der Waals surface area contributed by atoms with Crippen LogP contribution in [0.3, 0.4) is 0 Å². The van der Waals surface area contributed by atoms with Crippen molar-refractivity contribution >= 4 is 45.3 Å². The van der Waals surface area contributed by atoms with Crippen LogP contribution in [0, 0.1) is 6.92 Å². The molecule has 0 unspecified atom stereocenters. The Morgan fingerprint density at radius 1 is 1.21 bits per heavy atom. The zero-order chi connectivity index (χ0) is 19.7. The van der Waals surface area contributed by atoms with Crippen LogP contribution in [0.2, 0.25) is 0 Å². The third-order valence-electron chi connectivity index (χ3n) is 4.46. The summed E-state index contributed by atoms with van der Waals surface area (Å²) in [6, 6.07) is 9.60. The largest absolute Gasteiger partial charge is 0.454 e. The predicted octanol–water partition coefficient (Wildman–Crippen LogP) is 5.02.